The maximum absolute atomic E-state index is 11.0. The van der Waals surface area contributed by atoms with Crippen LogP contribution in [0.25, 0.3) is 0 Å². The molecule has 2 heterocycles. The molecule has 1 N–H and O–H groups in total. The third kappa shape index (κ3) is 2.04. The third-order valence-corrected chi connectivity index (χ3v) is 3.12. The van der Waals surface area contributed by atoms with Crippen molar-refractivity contribution in [2.75, 3.05) is 11.4 Å². The summed E-state index contributed by atoms with van der Waals surface area (Å²) in [5.41, 5.74) is 0.260. The van der Waals surface area contributed by atoms with Crippen LogP contribution in [0.3, 0.4) is 0 Å². The maximum Gasteiger partial charge on any atom is 0.308 e. The van der Waals surface area contributed by atoms with Crippen molar-refractivity contribution in [3.63, 3.8) is 0 Å². The SMILES string of the molecule is CC1C(C(=O)O)CCN1c1cnc(C#N)cn1. The van der Waals surface area contributed by atoms with Crippen LogP contribution in [0.2, 0.25) is 0 Å². The quantitative estimate of drug-likeness (QED) is 0.805. The van der Waals surface area contributed by atoms with Gasteiger partial charge in [-0.3, -0.25) is 4.79 Å². The maximum atomic E-state index is 11.0. The van der Waals surface area contributed by atoms with Gasteiger partial charge in [0.1, 0.15) is 11.9 Å². The summed E-state index contributed by atoms with van der Waals surface area (Å²) >= 11 is 0. The number of carbonyl (C=O) groups is 1. The minimum absolute atomic E-state index is 0.102. The number of carboxylic acids is 1. The fourth-order valence-electron chi connectivity index (χ4n) is 2.12. The first-order chi connectivity index (χ1) is 8.13. The molecular weight excluding hydrogens is 220 g/mol. The number of hydrogen-bond acceptors (Lipinski definition) is 5. The fraction of sp³-hybridized carbons (Fsp3) is 0.455. The summed E-state index contributed by atoms with van der Waals surface area (Å²) in [5, 5.41) is 17.6. The Kier molecular flexibility index (Phi) is 2.91. The third-order valence-electron chi connectivity index (χ3n) is 3.12. The smallest absolute Gasteiger partial charge is 0.308 e. The highest BCUT2D eigenvalue weighted by molar-refractivity contribution is 5.72. The fourth-order valence-corrected chi connectivity index (χ4v) is 2.12. The normalized spacial score (nSPS) is 23.4. The van der Waals surface area contributed by atoms with Crippen LogP contribution >= 0.6 is 0 Å². The molecular formula is C11H12N4O2. The number of nitriles is 1. The molecule has 1 fully saturated rings. The Morgan fingerprint density at radius 1 is 1.59 bits per heavy atom. The van der Waals surface area contributed by atoms with Crippen molar-refractivity contribution in [3.05, 3.63) is 18.1 Å². The standard InChI is InChI=1S/C11H12N4O2/c1-7-9(11(16)17)2-3-15(7)10-6-13-8(4-12)5-14-10/h5-7,9H,2-3H2,1H3,(H,16,17). The van der Waals surface area contributed by atoms with Crippen molar-refractivity contribution >= 4 is 11.8 Å². The van der Waals surface area contributed by atoms with Crippen LogP contribution in [-0.4, -0.2) is 33.6 Å². The monoisotopic (exact) mass is 232 g/mol. The Hall–Kier alpha value is -2.16. The predicted molar refractivity (Wildman–Crippen MR) is 59.3 cm³/mol. The van der Waals surface area contributed by atoms with E-state index in [1.807, 2.05) is 17.9 Å². The molecule has 0 aliphatic carbocycles. The molecule has 1 aliphatic heterocycles. The van der Waals surface area contributed by atoms with Gasteiger partial charge in [0.05, 0.1) is 18.3 Å². The topological polar surface area (TPSA) is 90.1 Å². The molecule has 1 saturated heterocycles. The minimum atomic E-state index is -0.776. The zero-order chi connectivity index (χ0) is 12.4. The number of rotatable bonds is 2. The van der Waals surface area contributed by atoms with Crippen LogP contribution in [0.15, 0.2) is 12.4 Å². The highest BCUT2D eigenvalue weighted by Crippen LogP contribution is 2.28. The van der Waals surface area contributed by atoms with Crippen LogP contribution in [0, 0.1) is 17.2 Å². The molecule has 2 rings (SSSR count). The van der Waals surface area contributed by atoms with Gasteiger partial charge in [-0.25, -0.2) is 9.97 Å². The van der Waals surface area contributed by atoms with Crippen molar-refractivity contribution in [2.45, 2.75) is 19.4 Å². The molecule has 0 aromatic carbocycles. The molecule has 2 unspecified atom stereocenters. The lowest BCUT2D eigenvalue weighted by Crippen LogP contribution is -2.33. The largest absolute Gasteiger partial charge is 0.481 e. The van der Waals surface area contributed by atoms with Crippen LogP contribution in [0.1, 0.15) is 19.0 Å². The van der Waals surface area contributed by atoms with E-state index in [4.69, 9.17) is 10.4 Å². The van der Waals surface area contributed by atoms with Crippen LogP contribution in [0.5, 0.6) is 0 Å². The molecule has 2 atom stereocenters. The van der Waals surface area contributed by atoms with Gasteiger partial charge in [0.15, 0.2) is 5.69 Å². The lowest BCUT2D eigenvalue weighted by Gasteiger charge is -2.23. The van der Waals surface area contributed by atoms with E-state index in [-0.39, 0.29) is 17.7 Å². The number of hydrogen-bond donors (Lipinski definition) is 1. The van der Waals surface area contributed by atoms with E-state index in [9.17, 15) is 4.79 Å². The summed E-state index contributed by atoms with van der Waals surface area (Å²) in [5.74, 6) is -0.519. The van der Waals surface area contributed by atoms with Crippen LogP contribution in [-0.2, 0) is 4.79 Å². The Morgan fingerprint density at radius 3 is 2.82 bits per heavy atom. The van der Waals surface area contributed by atoms with Gasteiger partial charge in [0.2, 0.25) is 0 Å². The number of anilines is 1. The molecule has 6 nitrogen and oxygen atoms in total. The first-order valence-corrected chi connectivity index (χ1v) is 5.35. The zero-order valence-corrected chi connectivity index (χ0v) is 9.37. The number of aliphatic carboxylic acids is 1. The second-order valence-corrected chi connectivity index (χ2v) is 4.04. The van der Waals surface area contributed by atoms with Crippen molar-refractivity contribution in [2.24, 2.45) is 5.92 Å². The van der Waals surface area contributed by atoms with Gasteiger partial charge in [0, 0.05) is 12.6 Å². The molecule has 6 heteroatoms. The Labute approximate surface area is 98.5 Å². The van der Waals surface area contributed by atoms with E-state index < -0.39 is 5.97 Å². The second-order valence-electron chi connectivity index (χ2n) is 4.04. The first-order valence-electron chi connectivity index (χ1n) is 5.35. The van der Waals surface area contributed by atoms with Gasteiger partial charge < -0.3 is 10.0 Å². The average molecular weight is 232 g/mol. The first kappa shape index (κ1) is 11.3. The van der Waals surface area contributed by atoms with Crippen molar-refractivity contribution in [3.8, 4) is 6.07 Å². The molecule has 88 valence electrons. The van der Waals surface area contributed by atoms with Crippen molar-refractivity contribution in [1.29, 1.82) is 5.26 Å². The summed E-state index contributed by atoms with van der Waals surface area (Å²) in [4.78, 5) is 21.0. The van der Waals surface area contributed by atoms with Gasteiger partial charge in [-0.2, -0.15) is 5.26 Å². The zero-order valence-electron chi connectivity index (χ0n) is 9.37. The van der Waals surface area contributed by atoms with E-state index in [0.29, 0.717) is 18.8 Å². The Balaban J connectivity index is 2.18. The summed E-state index contributed by atoms with van der Waals surface area (Å²) in [6.45, 7) is 2.52. The summed E-state index contributed by atoms with van der Waals surface area (Å²) < 4.78 is 0. The Bertz CT molecular complexity index is 465. The highest BCUT2D eigenvalue weighted by atomic mass is 16.4. The Morgan fingerprint density at radius 2 is 2.35 bits per heavy atom. The van der Waals surface area contributed by atoms with E-state index in [0.717, 1.165) is 0 Å². The van der Waals surface area contributed by atoms with Gasteiger partial charge in [-0.05, 0) is 13.3 Å². The predicted octanol–water partition coefficient (Wildman–Crippen LogP) is 0.648. The van der Waals surface area contributed by atoms with Crippen molar-refractivity contribution in [1.82, 2.24) is 9.97 Å². The van der Waals surface area contributed by atoms with Gasteiger partial charge in [0.25, 0.3) is 0 Å². The van der Waals surface area contributed by atoms with Gasteiger partial charge >= 0.3 is 5.97 Å². The lowest BCUT2D eigenvalue weighted by molar-refractivity contribution is -0.141. The molecule has 0 spiro atoms. The number of nitrogens with zero attached hydrogens (tertiary/aromatic N) is 4. The van der Waals surface area contributed by atoms with E-state index in [1.165, 1.54) is 12.4 Å². The molecule has 0 bridgehead atoms. The molecule has 1 aromatic rings. The molecule has 0 radical (unpaired) electrons. The van der Waals surface area contributed by atoms with E-state index >= 15 is 0 Å². The number of carboxylic acid groups (broad SMARTS) is 1. The molecule has 17 heavy (non-hydrogen) atoms. The van der Waals surface area contributed by atoms with E-state index in [2.05, 4.69) is 9.97 Å². The van der Waals surface area contributed by atoms with Crippen LogP contribution < -0.4 is 4.90 Å². The van der Waals surface area contributed by atoms with Gasteiger partial charge in [-0.1, -0.05) is 0 Å². The summed E-state index contributed by atoms with van der Waals surface area (Å²) in [6.07, 6.45) is 3.52. The lowest BCUT2D eigenvalue weighted by atomic mass is 10.0. The van der Waals surface area contributed by atoms with Crippen LogP contribution in [0.4, 0.5) is 5.82 Å². The average Bonchev–Trinajstić information content (AvgIpc) is 2.71. The molecule has 1 aromatic heterocycles. The summed E-state index contributed by atoms with van der Waals surface area (Å²) in [7, 11) is 0. The van der Waals surface area contributed by atoms with Crippen molar-refractivity contribution < 1.29 is 9.90 Å². The molecule has 0 saturated carbocycles. The highest BCUT2D eigenvalue weighted by Gasteiger charge is 2.36. The molecule has 0 amide bonds. The second kappa shape index (κ2) is 4.37. The number of aromatic nitrogens is 2. The van der Waals surface area contributed by atoms with E-state index in [1.54, 1.807) is 0 Å². The summed E-state index contributed by atoms with van der Waals surface area (Å²) in [6, 6.07) is 1.79. The molecule has 1 aliphatic rings. The minimum Gasteiger partial charge on any atom is -0.481 e. The van der Waals surface area contributed by atoms with Gasteiger partial charge in [-0.15, -0.1) is 0 Å².